The van der Waals surface area contributed by atoms with Gasteiger partial charge in [-0.2, -0.15) is 0 Å². The Morgan fingerprint density at radius 2 is 1.86 bits per heavy atom. The van der Waals surface area contributed by atoms with E-state index in [1.54, 1.807) is 4.90 Å². The zero-order valence-corrected chi connectivity index (χ0v) is 23.1. The summed E-state index contributed by atoms with van der Waals surface area (Å²) in [5.74, 6) is 3.73. The lowest BCUT2D eigenvalue weighted by Gasteiger charge is -2.60. The SMILES string of the molecule is CCNCCN(C(=O)O/N=C(\C)[C@H]1CC[C@H]2[C@@H]3CC[C@@H]4CC(=O)CC[C@]4(C)[C@H]3CC[C@]12C)C(C)C. The Balaban J connectivity index is 1.43. The number of oxime groups is 1. The van der Waals surface area contributed by atoms with Crippen LogP contribution < -0.4 is 5.32 Å². The van der Waals surface area contributed by atoms with E-state index in [1.165, 1.54) is 32.1 Å². The Morgan fingerprint density at radius 1 is 1.11 bits per heavy atom. The first kappa shape index (κ1) is 26.6. The number of amides is 1. The normalized spacial score (nSPS) is 39.1. The number of fused-ring (bicyclic) bond motifs is 5. The number of rotatable bonds is 7. The monoisotopic (exact) mass is 487 g/mol. The summed E-state index contributed by atoms with van der Waals surface area (Å²) in [4.78, 5) is 32.2. The van der Waals surface area contributed by atoms with Crippen LogP contribution in [0.15, 0.2) is 5.16 Å². The van der Waals surface area contributed by atoms with Crippen molar-refractivity contribution in [1.82, 2.24) is 10.2 Å². The fourth-order valence-corrected chi connectivity index (χ4v) is 8.90. The standard InChI is InChI=1S/C29H49N3O3/c1-7-30-16-17-32(19(2)3)27(34)35-31-20(4)24-10-11-25-23-9-8-21-18-22(33)12-14-28(21,5)26(23)13-15-29(24,25)6/h19,21,23-26,30H,7-18H2,1-6H3/b31-20+/t21-,23+,24-,25+,26+,28+,29-/m1/s1. The van der Waals surface area contributed by atoms with Crippen LogP contribution in [0.1, 0.15) is 99.3 Å². The number of likely N-dealkylation sites (N-methyl/N-ethyl adjacent to an activating group) is 1. The molecule has 4 aliphatic rings. The van der Waals surface area contributed by atoms with Gasteiger partial charge in [-0.25, -0.2) is 4.79 Å². The van der Waals surface area contributed by atoms with Crippen molar-refractivity contribution < 1.29 is 14.4 Å². The van der Waals surface area contributed by atoms with Gasteiger partial charge in [0.2, 0.25) is 0 Å². The summed E-state index contributed by atoms with van der Waals surface area (Å²) in [5, 5.41) is 7.71. The minimum Gasteiger partial charge on any atom is -0.315 e. The molecule has 1 N–H and O–H groups in total. The van der Waals surface area contributed by atoms with Gasteiger partial charge in [0.15, 0.2) is 0 Å². The van der Waals surface area contributed by atoms with E-state index in [0.29, 0.717) is 29.6 Å². The van der Waals surface area contributed by atoms with E-state index < -0.39 is 0 Å². The molecular weight excluding hydrogens is 438 g/mol. The second kappa shape index (κ2) is 10.5. The lowest BCUT2D eigenvalue weighted by molar-refractivity contribution is -0.138. The quantitative estimate of drug-likeness (QED) is 0.205. The van der Waals surface area contributed by atoms with Gasteiger partial charge >= 0.3 is 6.09 Å². The highest BCUT2D eigenvalue weighted by atomic mass is 16.7. The van der Waals surface area contributed by atoms with Crippen LogP contribution in [-0.4, -0.2) is 48.2 Å². The summed E-state index contributed by atoms with van der Waals surface area (Å²) in [6.45, 7) is 15.4. The van der Waals surface area contributed by atoms with Gasteiger partial charge in [-0.3, -0.25) is 9.63 Å². The maximum atomic E-state index is 12.8. The number of ketones is 1. The fourth-order valence-electron chi connectivity index (χ4n) is 8.90. The van der Waals surface area contributed by atoms with Crippen molar-refractivity contribution in [2.75, 3.05) is 19.6 Å². The number of carbonyl (C=O) groups excluding carboxylic acids is 2. The van der Waals surface area contributed by atoms with Crippen molar-refractivity contribution in [2.24, 2.45) is 45.6 Å². The number of nitrogens with zero attached hydrogens (tertiary/aromatic N) is 2. The van der Waals surface area contributed by atoms with Crippen LogP contribution >= 0.6 is 0 Å². The molecule has 0 aromatic rings. The first-order chi connectivity index (χ1) is 16.6. The zero-order valence-electron chi connectivity index (χ0n) is 23.1. The summed E-state index contributed by atoms with van der Waals surface area (Å²) in [7, 11) is 0. The minimum absolute atomic E-state index is 0.0758. The molecule has 0 heterocycles. The molecule has 0 aromatic carbocycles. The third kappa shape index (κ3) is 4.93. The molecule has 198 valence electrons. The molecule has 4 aliphatic carbocycles. The van der Waals surface area contributed by atoms with Gasteiger partial charge < -0.3 is 10.2 Å². The van der Waals surface area contributed by atoms with E-state index in [9.17, 15) is 9.59 Å². The second-order valence-electron chi connectivity index (χ2n) is 12.8. The highest BCUT2D eigenvalue weighted by Gasteiger charge is 2.60. The molecule has 4 fully saturated rings. The van der Waals surface area contributed by atoms with Crippen LogP contribution in [-0.2, 0) is 9.63 Å². The van der Waals surface area contributed by atoms with Crippen molar-refractivity contribution in [3.63, 3.8) is 0 Å². The number of Topliss-reactive ketones (excluding diaryl/α,β-unsaturated/α-hetero) is 1. The van der Waals surface area contributed by atoms with Gasteiger partial charge in [0.05, 0.1) is 5.71 Å². The Hall–Kier alpha value is -1.43. The van der Waals surface area contributed by atoms with E-state index in [-0.39, 0.29) is 17.6 Å². The predicted molar refractivity (Wildman–Crippen MR) is 140 cm³/mol. The van der Waals surface area contributed by atoms with Crippen molar-refractivity contribution in [1.29, 1.82) is 0 Å². The van der Waals surface area contributed by atoms with Gasteiger partial charge in [-0.1, -0.05) is 25.9 Å². The number of hydrogen-bond donors (Lipinski definition) is 1. The minimum atomic E-state index is -0.348. The van der Waals surface area contributed by atoms with Crippen molar-refractivity contribution in [2.45, 2.75) is 105 Å². The molecule has 6 nitrogen and oxygen atoms in total. The molecule has 35 heavy (non-hydrogen) atoms. The second-order valence-corrected chi connectivity index (χ2v) is 12.8. The summed E-state index contributed by atoms with van der Waals surface area (Å²) >= 11 is 0. The summed E-state index contributed by atoms with van der Waals surface area (Å²) in [5.41, 5.74) is 1.57. The van der Waals surface area contributed by atoms with Gasteiger partial charge in [-0.15, -0.1) is 0 Å². The van der Waals surface area contributed by atoms with Crippen LogP contribution in [0.3, 0.4) is 0 Å². The molecule has 0 bridgehead atoms. The topological polar surface area (TPSA) is 71.0 Å². The first-order valence-corrected chi connectivity index (χ1v) is 14.4. The van der Waals surface area contributed by atoms with E-state index in [2.05, 4.69) is 38.2 Å². The molecule has 4 rings (SSSR count). The molecule has 0 saturated heterocycles. The third-order valence-electron chi connectivity index (χ3n) is 10.9. The van der Waals surface area contributed by atoms with Crippen LogP contribution in [0.5, 0.6) is 0 Å². The van der Waals surface area contributed by atoms with Crippen molar-refractivity contribution in [3.05, 3.63) is 0 Å². The lowest BCUT2D eigenvalue weighted by atomic mass is 9.44. The zero-order chi connectivity index (χ0) is 25.4. The van der Waals surface area contributed by atoms with Crippen LogP contribution in [0.25, 0.3) is 0 Å². The molecule has 0 aromatic heterocycles. The van der Waals surface area contributed by atoms with Gasteiger partial charge in [0, 0.05) is 37.9 Å². The summed E-state index contributed by atoms with van der Waals surface area (Å²) in [6.07, 6.45) is 9.76. The van der Waals surface area contributed by atoms with E-state index in [1.807, 2.05) is 13.8 Å². The number of hydrogen-bond acceptors (Lipinski definition) is 5. The van der Waals surface area contributed by atoms with Crippen LogP contribution in [0.4, 0.5) is 4.79 Å². The molecule has 0 aliphatic heterocycles. The molecule has 1 amide bonds. The Kier molecular flexibility index (Phi) is 8.00. The predicted octanol–water partition coefficient (Wildman–Crippen LogP) is 6.05. The van der Waals surface area contributed by atoms with Crippen molar-refractivity contribution >= 4 is 17.6 Å². The van der Waals surface area contributed by atoms with Crippen molar-refractivity contribution in [3.8, 4) is 0 Å². The average Bonchev–Trinajstić information content (AvgIpc) is 3.17. The molecule has 4 saturated carbocycles. The van der Waals surface area contributed by atoms with Gasteiger partial charge in [-0.05, 0) is 107 Å². The number of carbonyl (C=O) groups is 2. The van der Waals surface area contributed by atoms with E-state index >= 15 is 0 Å². The number of nitrogens with one attached hydrogen (secondary N) is 1. The molecule has 0 spiro atoms. The summed E-state index contributed by atoms with van der Waals surface area (Å²) in [6, 6.07) is 0.0758. The molecule has 7 atom stereocenters. The Morgan fingerprint density at radius 3 is 2.57 bits per heavy atom. The Bertz CT molecular complexity index is 826. The third-order valence-corrected chi connectivity index (χ3v) is 10.9. The smallest absolute Gasteiger partial charge is 0.315 e. The molecule has 0 unspecified atom stereocenters. The molecular formula is C29H49N3O3. The van der Waals surface area contributed by atoms with E-state index in [0.717, 1.165) is 62.2 Å². The van der Waals surface area contributed by atoms with E-state index in [4.69, 9.17) is 4.84 Å². The highest BCUT2D eigenvalue weighted by Crippen LogP contribution is 2.67. The molecule has 6 heteroatoms. The van der Waals surface area contributed by atoms with Gasteiger partial charge in [0.25, 0.3) is 0 Å². The van der Waals surface area contributed by atoms with Gasteiger partial charge in [0.1, 0.15) is 5.78 Å². The van der Waals surface area contributed by atoms with Crippen LogP contribution in [0, 0.1) is 40.4 Å². The summed E-state index contributed by atoms with van der Waals surface area (Å²) < 4.78 is 0. The molecule has 0 radical (unpaired) electrons. The largest absolute Gasteiger partial charge is 0.436 e. The van der Waals surface area contributed by atoms with Crippen LogP contribution in [0.2, 0.25) is 0 Å². The Labute approximate surface area is 213 Å². The first-order valence-electron chi connectivity index (χ1n) is 14.4. The highest BCUT2D eigenvalue weighted by molar-refractivity contribution is 5.85. The fraction of sp³-hybridized carbons (Fsp3) is 0.897. The average molecular weight is 488 g/mol. The maximum Gasteiger partial charge on any atom is 0.436 e. The maximum absolute atomic E-state index is 12.8. The lowest BCUT2D eigenvalue weighted by Crippen LogP contribution is -2.53.